The number of unbranched alkanes of at least 4 members (excludes halogenated alkanes) is 1. The van der Waals surface area contributed by atoms with Crippen molar-refractivity contribution in [3.8, 4) is 0 Å². The van der Waals surface area contributed by atoms with Crippen LogP contribution in [-0.2, 0) is 14.6 Å². The van der Waals surface area contributed by atoms with Gasteiger partial charge in [-0.3, -0.25) is 0 Å². The Kier molecular flexibility index (Phi) is 5.30. The van der Waals surface area contributed by atoms with Crippen LogP contribution >= 0.6 is 0 Å². The van der Waals surface area contributed by atoms with E-state index in [1.54, 1.807) is 7.11 Å². The molecule has 0 aromatic heterocycles. The van der Waals surface area contributed by atoms with Crippen LogP contribution < -0.4 is 0 Å². The lowest BCUT2D eigenvalue weighted by Gasteiger charge is -2.07. The summed E-state index contributed by atoms with van der Waals surface area (Å²) in [6.07, 6.45) is 1.08. The molecule has 0 spiro atoms. The van der Waals surface area contributed by atoms with Crippen LogP contribution in [0.4, 0.5) is 0 Å². The van der Waals surface area contributed by atoms with Crippen LogP contribution in [0.2, 0.25) is 0 Å². The number of aromatic carboxylic acids is 1. The summed E-state index contributed by atoms with van der Waals surface area (Å²) in [5.41, 5.74) is -0.177. The molecule has 0 saturated heterocycles. The van der Waals surface area contributed by atoms with Gasteiger partial charge in [0.15, 0.2) is 9.84 Å². The van der Waals surface area contributed by atoms with Gasteiger partial charge in [0.2, 0.25) is 0 Å². The normalized spacial score (nSPS) is 11.4. The maximum Gasteiger partial charge on any atom is 0.337 e. The highest BCUT2D eigenvalue weighted by Gasteiger charge is 2.21. The summed E-state index contributed by atoms with van der Waals surface area (Å²) in [7, 11) is -2.00. The Labute approximate surface area is 106 Å². The van der Waals surface area contributed by atoms with Crippen molar-refractivity contribution in [1.82, 2.24) is 0 Å². The Balaban J connectivity index is 2.88. The van der Waals surface area contributed by atoms with Crippen molar-refractivity contribution in [2.24, 2.45) is 0 Å². The fourth-order valence-electron chi connectivity index (χ4n) is 1.56. The van der Waals surface area contributed by atoms with Gasteiger partial charge in [0.05, 0.1) is 16.2 Å². The van der Waals surface area contributed by atoms with Gasteiger partial charge < -0.3 is 9.84 Å². The number of methoxy groups -OCH3 is 1. The SMILES string of the molecule is COCCCCS(=O)(=O)c1ccccc1C(=O)O. The number of carboxylic acids is 1. The number of carbonyl (C=O) groups is 1. The molecule has 1 aromatic carbocycles. The summed E-state index contributed by atoms with van der Waals surface area (Å²) in [5.74, 6) is -1.30. The van der Waals surface area contributed by atoms with Gasteiger partial charge in [0.1, 0.15) is 0 Å². The lowest BCUT2D eigenvalue weighted by atomic mass is 10.2. The number of sulfone groups is 1. The van der Waals surface area contributed by atoms with Crippen molar-refractivity contribution in [2.75, 3.05) is 19.5 Å². The van der Waals surface area contributed by atoms with Crippen molar-refractivity contribution in [2.45, 2.75) is 17.7 Å². The number of rotatable bonds is 7. The topological polar surface area (TPSA) is 80.7 Å². The first-order valence-electron chi connectivity index (χ1n) is 5.53. The minimum atomic E-state index is -3.55. The minimum absolute atomic E-state index is 0.0688. The van der Waals surface area contributed by atoms with Crippen LogP contribution in [0.25, 0.3) is 0 Å². The number of hydrogen-bond acceptors (Lipinski definition) is 4. The van der Waals surface area contributed by atoms with Gasteiger partial charge in [-0.25, -0.2) is 13.2 Å². The third kappa shape index (κ3) is 3.82. The average Bonchev–Trinajstić information content (AvgIpc) is 2.35. The Bertz CT molecular complexity index is 507. The van der Waals surface area contributed by atoms with Gasteiger partial charge in [0, 0.05) is 13.7 Å². The highest BCUT2D eigenvalue weighted by Crippen LogP contribution is 2.18. The van der Waals surface area contributed by atoms with E-state index < -0.39 is 15.8 Å². The second kappa shape index (κ2) is 6.51. The Morgan fingerprint density at radius 2 is 1.94 bits per heavy atom. The summed E-state index contributed by atoms with van der Waals surface area (Å²) < 4.78 is 28.9. The molecule has 0 unspecified atom stereocenters. The fourth-order valence-corrected chi connectivity index (χ4v) is 3.14. The molecule has 0 atom stereocenters. The molecule has 1 N–H and O–H groups in total. The molecule has 0 aliphatic heterocycles. The lowest BCUT2D eigenvalue weighted by molar-refractivity contribution is 0.0692. The summed E-state index contributed by atoms with van der Waals surface area (Å²) in [4.78, 5) is 10.8. The van der Waals surface area contributed by atoms with Crippen LogP contribution in [-0.4, -0.2) is 39.0 Å². The van der Waals surface area contributed by atoms with Gasteiger partial charge in [-0.15, -0.1) is 0 Å². The zero-order valence-electron chi connectivity index (χ0n) is 10.1. The monoisotopic (exact) mass is 272 g/mol. The molecule has 5 nitrogen and oxygen atoms in total. The molecule has 0 heterocycles. The van der Waals surface area contributed by atoms with E-state index >= 15 is 0 Å². The van der Waals surface area contributed by atoms with E-state index in [1.807, 2.05) is 0 Å². The zero-order valence-corrected chi connectivity index (χ0v) is 10.9. The van der Waals surface area contributed by atoms with Crippen molar-refractivity contribution in [3.63, 3.8) is 0 Å². The van der Waals surface area contributed by atoms with Gasteiger partial charge >= 0.3 is 5.97 Å². The van der Waals surface area contributed by atoms with E-state index in [0.717, 1.165) is 0 Å². The highest BCUT2D eigenvalue weighted by molar-refractivity contribution is 7.91. The maximum absolute atomic E-state index is 12.0. The van der Waals surface area contributed by atoms with Crippen LogP contribution in [0.3, 0.4) is 0 Å². The van der Waals surface area contributed by atoms with Gasteiger partial charge in [-0.2, -0.15) is 0 Å². The Morgan fingerprint density at radius 1 is 1.28 bits per heavy atom. The summed E-state index contributed by atoms with van der Waals surface area (Å²) in [6.45, 7) is 0.496. The van der Waals surface area contributed by atoms with Gasteiger partial charge in [0.25, 0.3) is 0 Å². The first kappa shape index (κ1) is 14.7. The molecule has 1 aromatic rings. The first-order chi connectivity index (χ1) is 8.49. The molecule has 0 bridgehead atoms. The van der Waals surface area contributed by atoms with Crippen LogP contribution in [0.1, 0.15) is 23.2 Å². The molecule has 1 rings (SSSR count). The minimum Gasteiger partial charge on any atom is -0.478 e. The van der Waals surface area contributed by atoms with Gasteiger partial charge in [-0.1, -0.05) is 12.1 Å². The van der Waals surface area contributed by atoms with Crippen LogP contribution in [0, 0.1) is 0 Å². The fraction of sp³-hybridized carbons (Fsp3) is 0.417. The Morgan fingerprint density at radius 3 is 2.56 bits per heavy atom. The van der Waals surface area contributed by atoms with E-state index in [-0.39, 0.29) is 16.2 Å². The molecule has 0 aliphatic rings. The summed E-state index contributed by atoms with van der Waals surface area (Å²) in [5, 5.41) is 8.95. The van der Waals surface area contributed by atoms with Crippen LogP contribution in [0.15, 0.2) is 29.2 Å². The molecule has 18 heavy (non-hydrogen) atoms. The lowest BCUT2D eigenvalue weighted by Crippen LogP contribution is -2.12. The molecule has 0 fully saturated rings. The number of hydrogen-bond donors (Lipinski definition) is 1. The highest BCUT2D eigenvalue weighted by atomic mass is 32.2. The average molecular weight is 272 g/mol. The van der Waals surface area contributed by atoms with E-state index in [9.17, 15) is 13.2 Å². The number of benzene rings is 1. The van der Waals surface area contributed by atoms with Crippen molar-refractivity contribution < 1.29 is 23.1 Å². The van der Waals surface area contributed by atoms with Crippen molar-refractivity contribution in [1.29, 1.82) is 0 Å². The zero-order chi connectivity index (χ0) is 13.6. The summed E-state index contributed by atoms with van der Waals surface area (Å²) >= 11 is 0. The van der Waals surface area contributed by atoms with E-state index in [2.05, 4.69) is 0 Å². The largest absolute Gasteiger partial charge is 0.478 e. The Hall–Kier alpha value is -1.40. The smallest absolute Gasteiger partial charge is 0.337 e. The predicted octanol–water partition coefficient (Wildman–Crippen LogP) is 1.59. The quantitative estimate of drug-likeness (QED) is 0.762. The second-order valence-electron chi connectivity index (χ2n) is 3.82. The maximum atomic E-state index is 12.0. The third-order valence-corrected chi connectivity index (χ3v) is 4.32. The second-order valence-corrected chi connectivity index (χ2v) is 5.90. The molecular weight excluding hydrogens is 256 g/mol. The van der Waals surface area contributed by atoms with E-state index in [4.69, 9.17) is 9.84 Å². The van der Waals surface area contributed by atoms with Gasteiger partial charge in [-0.05, 0) is 25.0 Å². The van der Waals surface area contributed by atoms with Crippen LogP contribution in [0.5, 0.6) is 0 Å². The predicted molar refractivity (Wildman–Crippen MR) is 66.6 cm³/mol. The van der Waals surface area contributed by atoms with E-state index in [1.165, 1.54) is 24.3 Å². The number of carboxylic acid groups (broad SMARTS) is 1. The first-order valence-corrected chi connectivity index (χ1v) is 7.18. The molecule has 0 saturated carbocycles. The molecule has 0 radical (unpaired) electrons. The molecule has 0 aliphatic carbocycles. The van der Waals surface area contributed by atoms with Crippen molar-refractivity contribution >= 4 is 15.8 Å². The molecule has 0 amide bonds. The van der Waals surface area contributed by atoms with E-state index in [0.29, 0.717) is 19.4 Å². The number of ether oxygens (including phenoxy) is 1. The molecule has 100 valence electrons. The molecular formula is C12H16O5S. The van der Waals surface area contributed by atoms with Crippen molar-refractivity contribution in [3.05, 3.63) is 29.8 Å². The standard InChI is InChI=1S/C12H16O5S/c1-17-8-4-5-9-18(15,16)11-7-3-2-6-10(11)12(13)14/h2-3,6-7H,4-5,8-9H2,1H3,(H,13,14). The third-order valence-electron chi connectivity index (χ3n) is 2.46. The molecule has 6 heteroatoms. The summed E-state index contributed by atoms with van der Waals surface area (Å²) in [6, 6.07) is 5.65.